The number of nitrogens with zero attached hydrogens (tertiary/aromatic N) is 1. The summed E-state index contributed by atoms with van der Waals surface area (Å²) in [5.41, 5.74) is 1.91. The first-order valence-electron chi connectivity index (χ1n) is 5.30. The van der Waals surface area contributed by atoms with Crippen molar-refractivity contribution >= 4 is 11.3 Å². The van der Waals surface area contributed by atoms with Gasteiger partial charge in [-0.25, -0.2) is 0 Å². The Morgan fingerprint density at radius 2 is 2.36 bits per heavy atom. The topological polar surface area (TPSA) is 24.9 Å². The van der Waals surface area contributed by atoms with Gasteiger partial charge in [0.15, 0.2) is 0 Å². The summed E-state index contributed by atoms with van der Waals surface area (Å²) in [4.78, 5) is 5.48. The van der Waals surface area contributed by atoms with Gasteiger partial charge in [0.2, 0.25) is 0 Å². The molecule has 0 aliphatic heterocycles. The first-order valence-corrected chi connectivity index (χ1v) is 6.18. The molecule has 1 N–H and O–H groups in total. The minimum absolute atomic E-state index is 0.602. The van der Waals surface area contributed by atoms with Crippen LogP contribution < -0.4 is 5.32 Å². The molecular weight excluding hydrogens is 192 g/mol. The lowest BCUT2D eigenvalue weighted by atomic mass is 9.97. The molecule has 0 saturated heterocycles. The van der Waals surface area contributed by atoms with Crippen molar-refractivity contribution in [3.8, 4) is 0 Å². The Bertz CT molecular complexity index is 233. The van der Waals surface area contributed by atoms with Gasteiger partial charge >= 0.3 is 0 Å². The van der Waals surface area contributed by atoms with Crippen LogP contribution in [-0.2, 0) is 6.42 Å². The van der Waals surface area contributed by atoms with Gasteiger partial charge in [0.05, 0.1) is 5.51 Å². The lowest BCUT2D eigenvalue weighted by Crippen LogP contribution is -2.29. The van der Waals surface area contributed by atoms with E-state index >= 15 is 0 Å². The molecule has 1 aromatic rings. The van der Waals surface area contributed by atoms with E-state index in [-0.39, 0.29) is 0 Å². The van der Waals surface area contributed by atoms with Gasteiger partial charge in [0.1, 0.15) is 0 Å². The zero-order valence-corrected chi connectivity index (χ0v) is 10.1. The van der Waals surface area contributed by atoms with Crippen molar-refractivity contribution < 1.29 is 0 Å². The monoisotopic (exact) mass is 212 g/mol. The van der Waals surface area contributed by atoms with Gasteiger partial charge in [-0.1, -0.05) is 20.3 Å². The quantitative estimate of drug-likeness (QED) is 0.784. The molecule has 0 spiro atoms. The third kappa shape index (κ3) is 3.76. The van der Waals surface area contributed by atoms with E-state index in [2.05, 4.69) is 24.1 Å². The van der Waals surface area contributed by atoms with Crippen LogP contribution in [0.4, 0.5) is 0 Å². The molecule has 0 fully saturated rings. The van der Waals surface area contributed by atoms with Crippen LogP contribution in [0, 0.1) is 5.92 Å². The molecule has 3 heteroatoms. The average Bonchev–Trinajstić information content (AvgIpc) is 2.69. The Morgan fingerprint density at radius 3 is 2.86 bits per heavy atom. The van der Waals surface area contributed by atoms with E-state index in [0.29, 0.717) is 6.04 Å². The smallest absolute Gasteiger partial charge is 0.0794 e. The van der Waals surface area contributed by atoms with Crippen LogP contribution in [0.15, 0.2) is 11.7 Å². The van der Waals surface area contributed by atoms with Crippen LogP contribution in [0.2, 0.25) is 0 Å². The van der Waals surface area contributed by atoms with E-state index in [9.17, 15) is 0 Å². The van der Waals surface area contributed by atoms with Crippen LogP contribution in [-0.4, -0.2) is 18.1 Å². The van der Waals surface area contributed by atoms with E-state index in [0.717, 1.165) is 12.3 Å². The molecule has 0 aromatic carbocycles. The molecule has 0 saturated carbocycles. The Kier molecular flexibility index (Phi) is 5.12. The summed E-state index contributed by atoms with van der Waals surface area (Å²) < 4.78 is 0. The average molecular weight is 212 g/mol. The maximum absolute atomic E-state index is 4.10. The van der Waals surface area contributed by atoms with Crippen LogP contribution in [0.5, 0.6) is 0 Å². The zero-order chi connectivity index (χ0) is 10.4. The molecule has 1 aromatic heterocycles. The summed E-state index contributed by atoms with van der Waals surface area (Å²) in [6.45, 7) is 4.57. The highest BCUT2D eigenvalue weighted by Crippen LogP contribution is 2.15. The van der Waals surface area contributed by atoms with Gasteiger partial charge in [-0.05, 0) is 25.8 Å². The van der Waals surface area contributed by atoms with Crippen molar-refractivity contribution in [2.45, 2.75) is 39.2 Å². The first-order chi connectivity index (χ1) is 6.76. The molecule has 1 heterocycles. The largest absolute Gasteiger partial charge is 0.317 e. The van der Waals surface area contributed by atoms with Crippen molar-refractivity contribution in [3.63, 3.8) is 0 Å². The van der Waals surface area contributed by atoms with Gasteiger partial charge in [-0.3, -0.25) is 4.98 Å². The summed E-state index contributed by atoms with van der Waals surface area (Å²) >= 11 is 1.75. The molecular formula is C11H20N2S. The highest BCUT2D eigenvalue weighted by atomic mass is 32.1. The minimum atomic E-state index is 0.602. The van der Waals surface area contributed by atoms with E-state index in [4.69, 9.17) is 0 Å². The second kappa shape index (κ2) is 6.14. The molecule has 0 radical (unpaired) electrons. The number of likely N-dealkylation sites (N-methyl/N-ethyl adjacent to an activating group) is 1. The van der Waals surface area contributed by atoms with Crippen molar-refractivity contribution in [3.05, 3.63) is 16.6 Å². The van der Waals surface area contributed by atoms with E-state index in [1.807, 2.05) is 18.8 Å². The number of hydrogen-bond donors (Lipinski definition) is 1. The number of nitrogens with one attached hydrogen (secondary N) is 1. The Balaban J connectivity index is 2.39. The molecule has 2 atom stereocenters. The number of rotatable bonds is 6. The zero-order valence-electron chi connectivity index (χ0n) is 9.29. The van der Waals surface area contributed by atoms with Crippen LogP contribution in [0.1, 0.15) is 31.6 Å². The van der Waals surface area contributed by atoms with Crippen LogP contribution in [0.25, 0.3) is 0 Å². The summed E-state index contributed by atoms with van der Waals surface area (Å²) in [5.74, 6) is 0.806. The highest BCUT2D eigenvalue weighted by molar-refractivity contribution is 7.09. The molecule has 1 rings (SSSR count). The molecule has 80 valence electrons. The fraction of sp³-hybridized carbons (Fsp3) is 0.727. The number of aromatic nitrogens is 1. The van der Waals surface area contributed by atoms with E-state index in [1.54, 1.807) is 11.3 Å². The Morgan fingerprint density at radius 1 is 1.57 bits per heavy atom. The summed E-state index contributed by atoms with van der Waals surface area (Å²) in [5, 5.41) is 3.38. The fourth-order valence-electron chi connectivity index (χ4n) is 1.54. The second-order valence-electron chi connectivity index (χ2n) is 3.91. The predicted molar refractivity (Wildman–Crippen MR) is 62.7 cm³/mol. The molecule has 0 aliphatic rings. The normalized spacial score (nSPS) is 15.4. The standard InChI is InChI=1S/C11H20N2S/c1-4-9(2)5-10(12-3)6-11-7-13-8-14-11/h7-10,12H,4-6H2,1-3H3. The molecule has 2 unspecified atom stereocenters. The van der Waals surface area contributed by atoms with E-state index < -0.39 is 0 Å². The Labute approximate surface area is 90.8 Å². The third-order valence-electron chi connectivity index (χ3n) is 2.72. The lowest BCUT2D eigenvalue weighted by molar-refractivity contribution is 0.412. The summed E-state index contributed by atoms with van der Waals surface area (Å²) in [6.07, 6.45) is 5.61. The van der Waals surface area contributed by atoms with Crippen molar-refractivity contribution in [1.29, 1.82) is 0 Å². The first kappa shape index (κ1) is 11.7. The summed E-state index contributed by atoms with van der Waals surface area (Å²) in [6, 6.07) is 0.602. The van der Waals surface area contributed by atoms with Crippen molar-refractivity contribution in [2.75, 3.05) is 7.05 Å². The predicted octanol–water partition coefficient (Wildman–Crippen LogP) is 2.71. The van der Waals surface area contributed by atoms with Crippen LogP contribution >= 0.6 is 11.3 Å². The highest BCUT2D eigenvalue weighted by Gasteiger charge is 2.11. The van der Waals surface area contributed by atoms with Gasteiger partial charge < -0.3 is 5.32 Å². The molecule has 14 heavy (non-hydrogen) atoms. The maximum atomic E-state index is 4.10. The lowest BCUT2D eigenvalue weighted by Gasteiger charge is -2.18. The van der Waals surface area contributed by atoms with E-state index in [1.165, 1.54) is 17.7 Å². The van der Waals surface area contributed by atoms with Crippen molar-refractivity contribution in [2.24, 2.45) is 5.92 Å². The fourth-order valence-corrected chi connectivity index (χ4v) is 2.22. The minimum Gasteiger partial charge on any atom is -0.317 e. The second-order valence-corrected chi connectivity index (χ2v) is 4.88. The molecule has 0 bridgehead atoms. The third-order valence-corrected chi connectivity index (χ3v) is 3.53. The summed E-state index contributed by atoms with van der Waals surface area (Å²) in [7, 11) is 2.05. The molecule has 0 aliphatic carbocycles. The SMILES string of the molecule is CCC(C)CC(Cc1cncs1)NC. The number of hydrogen-bond acceptors (Lipinski definition) is 3. The van der Waals surface area contributed by atoms with Gasteiger partial charge in [0.25, 0.3) is 0 Å². The van der Waals surface area contributed by atoms with Gasteiger partial charge in [-0.15, -0.1) is 11.3 Å². The van der Waals surface area contributed by atoms with Gasteiger partial charge in [0, 0.05) is 17.1 Å². The Hall–Kier alpha value is -0.410. The maximum Gasteiger partial charge on any atom is 0.0794 e. The van der Waals surface area contributed by atoms with Gasteiger partial charge in [-0.2, -0.15) is 0 Å². The van der Waals surface area contributed by atoms with Crippen molar-refractivity contribution in [1.82, 2.24) is 10.3 Å². The van der Waals surface area contributed by atoms with Crippen LogP contribution in [0.3, 0.4) is 0 Å². The molecule has 2 nitrogen and oxygen atoms in total. The molecule has 0 amide bonds. The number of thiazole rings is 1.